The van der Waals surface area contributed by atoms with Gasteiger partial charge in [-0.2, -0.15) is 0 Å². The van der Waals surface area contributed by atoms with E-state index in [1.165, 1.54) is 19.2 Å². The fourth-order valence-electron chi connectivity index (χ4n) is 1.48. The van der Waals surface area contributed by atoms with E-state index in [9.17, 15) is 16.8 Å². The van der Waals surface area contributed by atoms with Crippen molar-refractivity contribution in [2.24, 2.45) is 5.73 Å². The van der Waals surface area contributed by atoms with E-state index < -0.39 is 24.9 Å². The van der Waals surface area contributed by atoms with Gasteiger partial charge in [-0.25, -0.2) is 16.8 Å². The molecule has 0 saturated carbocycles. The molecule has 106 valence electrons. The SMILES string of the molecule is CN(c1ccccc1C(=N)N)S(=O)(=O)CS(C)(=O)=O. The summed E-state index contributed by atoms with van der Waals surface area (Å²) in [7, 11) is -6.49. The Hall–Kier alpha value is -1.61. The molecule has 0 heterocycles. The molecule has 3 N–H and O–H groups in total. The monoisotopic (exact) mass is 305 g/mol. The second-order valence-electron chi connectivity index (χ2n) is 4.05. The number of nitrogens with one attached hydrogen (secondary N) is 1. The summed E-state index contributed by atoms with van der Waals surface area (Å²) < 4.78 is 47.0. The van der Waals surface area contributed by atoms with E-state index in [-0.39, 0.29) is 17.1 Å². The molecule has 0 unspecified atom stereocenters. The van der Waals surface area contributed by atoms with Gasteiger partial charge < -0.3 is 5.73 Å². The fraction of sp³-hybridized carbons (Fsp3) is 0.300. The number of amidine groups is 1. The van der Waals surface area contributed by atoms with Gasteiger partial charge in [0.1, 0.15) is 5.84 Å². The Bertz CT molecular complexity index is 695. The highest BCUT2D eigenvalue weighted by Crippen LogP contribution is 2.22. The van der Waals surface area contributed by atoms with Crippen molar-refractivity contribution >= 4 is 31.4 Å². The van der Waals surface area contributed by atoms with Gasteiger partial charge in [-0.3, -0.25) is 9.71 Å². The average molecular weight is 305 g/mol. The standard InChI is InChI=1S/C10H15N3O4S2/c1-13(19(16,17)7-18(2,14)15)9-6-4-3-5-8(9)10(11)12/h3-6H,7H2,1-2H3,(H3,11,12). The number of nitrogens with two attached hydrogens (primary N) is 1. The zero-order valence-corrected chi connectivity index (χ0v) is 12.1. The molecule has 1 rings (SSSR count). The largest absolute Gasteiger partial charge is 0.384 e. The minimum Gasteiger partial charge on any atom is -0.384 e. The number of sulfone groups is 1. The Labute approximate surface area is 112 Å². The topological polar surface area (TPSA) is 121 Å². The van der Waals surface area contributed by atoms with Crippen molar-refractivity contribution in [3.8, 4) is 0 Å². The van der Waals surface area contributed by atoms with Crippen LogP contribution < -0.4 is 10.0 Å². The van der Waals surface area contributed by atoms with Crippen LogP contribution in [0.25, 0.3) is 0 Å². The smallest absolute Gasteiger partial charge is 0.249 e. The quantitative estimate of drug-likeness (QED) is 0.573. The normalized spacial score (nSPS) is 12.1. The van der Waals surface area contributed by atoms with Gasteiger partial charge in [0.15, 0.2) is 14.9 Å². The van der Waals surface area contributed by atoms with Crippen molar-refractivity contribution in [2.75, 3.05) is 22.7 Å². The minimum absolute atomic E-state index is 0.165. The molecule has 0 amide bonds. The maximum absolute atomic E-state index is 12.0. The third-order valence-electron chi connectivity index (χ3n) is 2.31. The molecule has 0 fully saturated rings. The van der Waals surface area contributed by atoms with E-state index in [0.717, 1.165) is 10.6 Å². The van der Waals surface area contributed by atoms with Crippen molar-refractivity contribution < 1.29 is 16.8 Å². The van der Waals surface area contributed by atoms with Crippen LogP contribution >= 0.6 is 0 Å². The molecule has 19 heavy (non-hydrogen) atoms. The molecular weight excluding hydrogens is 290 g/mol. The first-order chi connectivity index (χ1) is 8.54. The lowest BCUT2D eigenvalue weighted by molar-refractivity contribution is 0.590. The first-order valence-corrected chi connectivity index (χ1v) is 8.79. The maximum Gasteiger partial charge on any atom is 0.249 e. The van der Waals surface area contributed by atoms with Crippen LogP contribution in [0.3, 0.4) is 0 Å². The molecule has 0 saturated heterocycles. The van der Waals surface area contributed by atoms with Gasteiger partial charge in [-0.1, -0.05) is 12.1 Å². The van der Waals surface area contributed by atoms with Crippen LogP contribution in [-0.2, 0) is 19.9 Å². The van der Waals surface area contributed by atoms with Crippen LogP contribution in [-0.4, -0.2) is 41.1 Å². The molecule has 0 aromatic heterocycles. The molecule has 0 aliphatic heterocycles. The summed E-state index contributed by atoms with van der Waals surface area (Å²) in [4.78, 5) is 0. The third kappa shape index (κ3) is 3.93. The molecular formula is C10H15N3O4S2. The summed E-state index contributed by atoms with van der Waals surface area (Å²) in [6.45, 7) is 0. The summed E-state index contributed by atoms with van der Waals surface area (Å²) in [6.07, 6.45) is 0.843. The van der Waals surface area contributed by atoms with E-state index in [4.69, 9.17) is 11.1 Å². The fourth-order valence-corrected chi connectivity index (χ4v) is 4.73. The summed E-state index contributed by atoms with van der Waals surface area (Å²) in [6, 6.07) is 6.13. The first kappa shape index (κ1) is 15.4. The summed E-state index contributed by atoms with van der Waals surface area (Å²) in [5.74, 6) is -0.294. The Morgan fingerprint density at radius 2 is 1.79 bits per heavy atom. The van der Waals surface area contributed by atoms with Gasteiger partial charge in [0, 0.05) is 18.9 Å². The predicted octanol–water partition coefficient (Wildman–Crippen LogP) is -0.261. The lowest BCUT2D eigenvalue weighted by Crippen LogP contribution is -2.33. The lowest BCUT2D eigenvalue weighted by Gasteiger charge is -2.21. The molecule has 1 aromatic rings. The van der Waals surface area contributed by atoms with E-state index in [0.29, 0.717) is 0 Å². The minimum atomic E-state index is -4.03. The lowest BCUT2D eigenvalue weighted by atomic mass is 10.1. The number of nitrogens with zero attached hydrogens (tertiary/aromatic N) is 1. The van der Waals surface area contributed by atoms with Crippen LogP contribution in [0.2, 0.25) is 0 Å². The second kappa shape index (κ2) is 5.17. The van der Waals surface area contributed by atoms with Gasteiger partial charge in [0.05, 0.1) is 5.69 Å². The molecule has 1 aromatic carbocycles. The molecule has 0 aliphatic rings. The summed E-state index contributed by atoms with van der Waals surface area (Å²) in [5, 5.41) is 6.39. The molecule has 0 atom stereocenters. The van der Waals surface area contributed by atoms with Crippen molar-refractivity contribution in [1.29, 1.82) is 5.41 Å². The highest BCUT2D eigenvalue weighted by molar-refractivity contribution is 8.08. The van der Waals surface area contributed by atoms with Gasteiger partial charge in [-0.05, 0) is 12.1 Å². The number of hydrogen-bond donors (Lipinski definition) is 2. The number of nitrogen functional groups attached to an aromatic ring is 1. The molecule has 0 aliphatic carbocycles. The highest BCUT2D eigenvalue weighted by Gasteiger charge is 2.25. The van der Waals surface area contributed by atoms with E-state index >= 15 is 0 Å². The van der Waals surface area contributed by atoms with Crippen molar-refractivity contribution in [2.45, 2.75) is 0 Å². The Morgan fingerprint density at radius 3 is 2.26 bits per heavy atom. The van der Waals surface area contributed by atoms with Gasteiger partial charge >= 0.3 is 0 Å². The van der Waals surface area contributed by atoms with E-state index in [1.54, 1.807) is 12.1 Å². The maximum atomic E-state index is 12.0. The zero-order valence-electron chi connectivity index (χ0n) is 10.5. The Morgan fingerprint density at radius 1 is 1.26 bits per heavy atom. The van der Waals surface area contributed by atoms with E-state index in [2.05, 4.69) is 0 Å². The number of para-hydroxylation sites is 1. The Kier molecular flexibility index (Phi) is 4.21. The molecule has 9 heteroatoms. The van der Waals surface area contributed by atoms with Crippen molar-refractivity contribution in [3.63, 3.8) is 0 Å². The number of anilines is 1. The van der Waals surface area contributed by atoms with Gasteiger partial charge in [-0.15, -0.1) is 0 Å². The highest BCUT2D eigenvalue weighted by atomic mass is 32.3. The van der Waals surface area contributed by atoms with E-state index in [1.807, 2.05) is 0 Å². The Balaban J connectivity index is 3.28. The van der Waals surface area contributed by atoms with Gasteiger partial charge in [0.25, 0.3) is 0 Å². The van der Waals surface area contributed by atoms with Crippen LogP contribution in [0.1, 0.15) is 5.56 Å². The molecule has 0 bridgehead atoms. The second-order valence-corrected chi connectivity index (χ2v) is 8.56. The van der Waals surface area contributed by atoms with Crippen molar-refractivity contribution in [3.05, 3.63) is 29.8 Å². The van der Waals surface area contributed by atoms with Crippen LogP contribution in [0.5, 0.6) is 0 Å². The van der Waals surface area contributed by atoms with Gasteiger partial charge in [0.2, 0.25) is 10.0 Å². The predicted molar refractivity (Wildman–Crippen MR) is 74.5 cm³/mol. The van der Waals surface area contributed by atoms with Crippen LogP contribution in [0.15, 0.2) is 24.3 Å². The average Bonchev–Trinajstić information content (AvgIpc) is 2.24. The zero-order chi connectivity index (χ0) is 14.8. The van der Waals surface area contributed by atoms with Crippen molar-refractivity contribution in [1.82, 2.24) is 0 Å². The molecule has 0 radical (unpaired) electrons. The summed E-state index contributed by atoms with van der Waals surface area (Å²) >= 11 is 0. The number of benzene rings is 1. The molecule has 0 spiro atoms. The first-order valence-electron chi connectivity index (χ1n) is 5.12. The number of rotatable bonds is 5. The summed E-state index contributed by atoms with van der Waals surface area (Å²) in [5.41, 5.74) is 5.76. The van der Waals surface area contributed by atoms with Crippen LogP contribution in [0, 0.1) is 5.41 Å². The third-order valence-corrected chi connectivity index (χ3v) is 6.25. The number of hydrogen-bond acceptors (Lipinski definition) is 5. The van der Waals surface area contributed by atoms with Crippen LogP contribution in [0.4, 0.5) is 5.69 Å². The number of sulfonamides is 1. The molecule has 7 nitrogen and oxygen atoms in total.